The average molecular weight is 354 g/mol. The van der Waals surface area contributed by atoms with Gasteiger partial charge in [-0.1, -0.05) is 19.1 Å². The van der Waals surface area contributed by atoms with Gasteiger partial charge in [-0.05, 0) is 42.9 Å². The molecule has 0 aliphatic heterocycles. The van der Waals surface area contributed by atoms with Crippen molar-refractivity contribution in [3.8, 4) is 0 Å². The maximum absolute atomic E-state index is 12.6. The summed E-state index contributed by atoms with van der Waals surface area (Å²) in [5, 5.41) is 3.41. The Hall–Kier alpha value is -1.89. The number of rotatable bonds is 4. The minimum Gasteiger partial charge on any atom is -0.302 e. The molecule has 1 amide bonds. The fraction of sp³-hybridized carbons (Fsp3) is 0.412. The Morgan fingerprint density at radius 2 is 2.00 bits per heavy atom. The number of fused-ring (bicyclic) bond motifs is 1. The molecule has 0 saturated carbocycles. The van der Waals surface area contributed by atoms with Crippen molar-refractivity contribution in [2.24, 2.45) is 0 Å². The molecule has 1 heterocycles. The highest BCUT2D eigenvalue weighted by Gasteiger charge is 2.30. The molecule has 1 N–H and O–H groups in total. The van der Waals surface area contributed by atoms with Crippen LogP contribution in [0.3, 0.4) is 0 Å². The number of aryl methyl sites for hydroxylation is 2. The summed E-state index contributed by atoms with van der Waals surface area (Å²) >= 11 is 1.51. The molecule has 24 heavy (non-hydrogen) atoms. The first-order chi connectivity index (χ1) is 11.3. The monoisotopic (exact) mass is 354 g/mol. The minimum absolute atomic E-state index is 0.168. The molecular weight excluding hydrogens is 337 g/mol. The molecule has 0 radical (unpaired) electrons. The highest BCUT2D eigenvalue weighted by Crippen LogP contribution is 2.32. The number of anilines is 1. The van der Waals surface area contributed by atoms with Gasteiger partial charge < -0.3 is 5.32 Å². The van der Waals surface area contributed by atoms with E-state index in [0.29, 0.717) is 10.7 Å². The molecule has 7 heteroatoms. The van der Waals surface area contributed by atoms with E-state index in [4.69, 9.17) is 0 Å². The summed E-state index contributed by atoms with van der Waals surface area (Å²) in [6.45, 7) is 1.82. The van der Waals surface area contributed by atoms with Crippen molar-refractivity contribution in [1.29, 1.82) is 0 Å². The Bertz CT molecular complexity index is 716. The van der Waals surface area contributed by atoms with Crippen molar-refractivity contribution in [1.82, 2.24) is 4.98 Å². The molecule has 0 spiro atoms. The molecule has 1 aromatic heterocycles. The Kier molecular flexibility index (Phi) is 4.62. The summed E-state index contributed by atoms with van der Waals surface area (Å²) in [4.78, 5) is 17.8. The van der Waals surface area contributed by atoms with Gasteiger partial charge in [-0.3, -0.25) is 4.79 Å². The van der Waals surface area contributed by atoms with E-state index in [1.54, 1.807) is 0 Å². The van der Waals surface area contributed by atoms with E-state index in [-0.39, 0.29) is 18.2 Å². The third-order valence-electron chi connectivity index (χ3n) is 4.14. The van der Waals surface area contributed by atoms with Crippen LogP contribution in [0.5, 0.6) is 0 Å². The molecule has 0 saturated heterocycles. The first-order valence-corrected chi connectivity index (χ1v) is 8.60. The van der Waals surface area contributed by atoms with Crippen LogP contribution in [-0.2, 0) is 23.8 Å². The number of alkyl halides is 3. The minimum atomic E-state index is -4.34. The normalized spacial score (nSPS) is 15.2. The number of hydrogen-bond acceptors (Lipinski definition) is 3. The summed E-state index contributed by atoms with van der Waals surface area (Å²) in [6, 6.07) is 4.96. The quantitative estimate of drug-likeness (QED) is 0.858. The van der Waals surface area contributed by atoms with Crippen LogP contribution in [0.15, 0.2) is 24.3 Å². The zero-order valence-corrected chi connectivity index (χ0v) is 13.9. The van der Waals surface area contributed by atoms with E-state index in [9.17, 15) is 18.0 Å². The number of carbonyl (C=O) groups is 1. The largest absolute Gasteiger partial charge is 0.416 e. The second-order valence-electron chi connectivity index (χ2n) is 6.02. The molecule has 1 aromatic carbocycles. The van der Waals surface area contributed by atoms with Crippen LogP contribution in [0.1, 0.15) is 47.4 Å². The number of aromatic nitrogens is 1. The molecule has 128 valence electrons. The van der Waals surface area contributed by atoms with E-state index >= 15 is 0 Å². The van der Waals surface area contributed by atoms with Gasteiger partial charge in [0.2, 0.25) is 5.91 Å². The zero-order chi connectivity index (χ0) is 17.3. The van der Waals surface area contributed by atoms with E-state index in [0.717, 1.165) is 37.1 Å². The smallest absolute Gasteiger partial charge is 0.302 e. The highest BCUT2D eigenvalue weighted by molar-refractivity contribution is 7.15. The number of carbonyl (C=O) groups excluding carboxylic acids is 1. The van der Waals surface area contributed by atoms with Gasteiger partial charge in [-0.15, -0.1) is 11.3 Å². The number of benzene rings is 1. The zero-order valence-electron chi connectivity index (χ0n) is 13.1. The number of amides is 1. The van der Waals surface area contributed by atoms with Gasteiger partial charge in [0.05, 0.1) is 11.3 Å². The summed E-state index contributed by atoms with van der Waals surface area (Å²) in [6.07, 6.45) is -1.04. The van der Waals surface area contributed by atoms with Gasteiger partial charge in [0.1, 0.15) is 0 Å². The third-order valence-corrected chi connectivity index (χ3v) is 5.21. The van der Waals surface area contributed by atoms with Crippen molar-refractivity contribution in [2.75, 3.05) is 5.32 Å². The lowest BCUT2D eigenvalue weighted by Gasteiger charge is -2.13. The summed E-state index contributed by atoms with van der Waals surface area (Å²) in [7, 11) is 0. The fourth-order valence-corrected chi connectivity index (χ4v) is 3.88. The summed E-state index contributed by atoms with van der Waals surface area (Å²) in [5.74, 6) is -0.339. The third kappa shape index (κ3) is 3.77. The molecule has 1 atom stereocenters. The molecule has 3 nitrogen and oxygen atoms in total. The second-order valence-corrected chi connectivity index (χ2v) is 7.10. The van der Waals surface area contributed by atoms with Gasteiger partial charge in [0.25, 0.3) is 0 Å². The van der Waals surface area contributed by atoms with Crippen molar-refractivity contribution in [3.63, 3.8) is 0 Å². The fourth-order valence-electron chi connectivity index (χ4n) is 2.81. The first-order valence-electron chi connectivity index (χ1n) is 7.78. The molecule has 1 aliphatic rings. The van der Waals surface area contributed by atoms with Crippen LogP contribution in [0, 0.1) is 0 Å². The Morgan fingerprint density at radius 3 is 2.62 bits per heavy atom. The molecule has 3 rings (SSSR count). The molecular formula is C17H17F3N2OS. The van der Waals surface area contributed by atoms with Crippen molar-refractivity contribution < 1.29 is 18.0 Å². The standard InChI is InChI=1S/C17H17F3N2OS/c1-10(11-5-7-12(8-6-11)17(18,19)20)9-15(23)22-16-21-13-3-2-4-14(13)24-16/h5-8,10H,2-4,9H2,1H3,(H,21,22,23). The van der Waals surface area contributed by atoms with E-state index in [1.165, 1.54) is 28.3 Å². The van der Waals surface area contributed by atoms with Gasteiger partial charge in [-0.25, -0.2) is 4.98 Å². The predicted octanol–water partition coefficient (Wildman–Crippen LogP) is 4.78. The van der Waals surface area contributed by atoms with Crippen molar-refractivity contribution in [2.45, 2.75) is 44.7 Å². The SMILES string of the molecule is CC(CC(=O)Nc1nc2c(s1)CCC2)c1ccc(C(F)(F)F)cc1. The molecule has 0 bridgehead atoms. The lowest BCUT2D eigenvalue weighted by atomic mass is 9.96. The Balaban J connectivity index is 1.59. The molecule has 1 aliphatic carbocycles. The van der Waals surface area contributed by atoms with Crippen LogP contribution in [0.25, 0.3) is 0 Å². The highest BCUT2D eigenvalue weighted by atomic mass is 32.1. The molecule has 0 fully saturated rings. The maximum atomic E-state index is 12.6. The van der Waals surface area contributed by atoms with Gasteiger partial charge in [0.15, 0.2) is 5.13 Å². The Morgan fingerprint density at radius 1 is 1.29 bits per heavy atom. The number of thiazole rings is 1. The Labute approximate surface area is 141 Å². The van der Waals surface area contributed by atoms with Gasteiger partial charge in [-0.2, -0.15) is 13.2 Å². The predicted molar refractivity (Wildman–Crippen MR) is 87.2 cm³/mol. The molecule has 1 unspecified atom stereocenters. The number of nitrogens with one attached hydrogen (secondary N) is 1. The van der Waals surface area contributed by atoms with Crippen LogP contribution in [0.4, 0.5) is 18.3 Å². The lowest BCUT2D eigenvalue weighted by Crippen LogP contribution is -2.14. The molecule has 2 aromatic rings. The van der Waals surface area contributed by atoms with Crippen LogP contribution >= 0.6 is 11.3 Å². The van der Waals surface area contributed by atoms with Crippen LogP contribution < -0.4 is 5.32 Å². The average Bonchev–Trinajstić information content (AvgIpc) is 3.07. The topological polar surface area (TPSA) is 42.0 Å². The summed E-state index contributed by atoms with van der Waals surface area (Å²) < 4.78 is 37.7. The first kappa shape index (κ1) is 17.0. The van der Waals surface area contributed by atoms with Gasteiger partial charge >= 0.3 is 6.18 Å². The number of hydrogen-bond donors (Lipinski definition) is 1. The maximum Gasteiger partial charge on any atom is 0.416 e. The second kappa shape index (κ2) is 6.55. The van der Waals surface area contributed by atoms with E-state index in [1.807, 2.05) is 6.92 Å². The number of halogens is 3. The van der Waals surface area contributed by atoms with Crippen LogP contribution in [-0.4, -0.2) is 10.9 Å². The van der Waals surface area contributed by atoms with Gasteiger partial charge in [0, 0.05) is 11.3 Å². The van der Waals surface area contributed by atoms with Crippen molar-refractivity contribution in [3.05, 3.63) is 46.0 Å². The number of nitrogens with zero attached hydrogens (tertiary/aromatic N) is 1. The van der Waals surface area contributed by atoms with E-state index in [2.05, 4.69) is 10.3 Å². The van der Waals surface area contributed by atoms with Crippen molar-refractivity contribution >= 4 is 22.4 Å². The van der Waals surface area contributed by atoms with E-state index < -0.39 is 11.7 Å². The summed E-state index contributed by atoms with van der Waals surface area (Å²) in [5.41, 5.74) is 1.10. The van der Waals surface area contributed by atoms with Crippen LogP contribution in [0.2, 0.25) is 0 Å². The lowest BCUT2D eigenvalue weighted by molar-refractivity contribution is -0.137.